The lowest BCUT2D eigenvalue weighted by molar-refractivity contribution is 0.421. The lowest BCUT2D eigenvalue weighted by atomic mass is 10.2. The van der Waals surface area contributed by atoms with Gasteiger partial charge in [0, 0.05) is 4.70 Å². The maximum absolute atomic E-state index is 6.20. The zero-order chi connectivity index (χ0) is 13.2. The first-order valence-electron chi connectivity index (χ1n) is 6.24. The van der Waals surface area contributed by atoms with Crippen molar-refractivity contribution in [1.29, 1.82) is 0 Å². The van der Waals surface area contributed by atoms with Crippen molar-refractivity contribution in [2.45, 2.75) is 25.1 Å². The molecule has 0 aliphatic carbocycles. The predicted molar refractivity (Wildman–Crippen MR) is 78.6 cm³/mol. The Morgan fingerprint density at radius 2 is 2.21 bits per heavy atom. The van der Waals surface area contributed by atoms with E-state index in [9.17, 15) is 0 Å². The van der Waals surface area contributed by atoms with Crippen LogP contribution < -0.4 is 0 Å². The van der Waals surface area contributed by atoms with Crippen LogP contribution in [0.15, 0.2) is 34.9 Å². The van der Waals surface area contributed by atoms with Crippen molar-refractivity contribution in [3.8, 4) is 10.8 Å². The normalized spacial score (nSPS) is 12.9. The number of hydrogen-bond donors (Lipinski definition) is 0. The molecule has 1 aromatic carbocycles. The second-order valence-electron chi connectivity index (χ2n) is 4.36. The van der Waals surface area contributed by atoms with Crippen LogP contribution in [0.3, 0.4) is 0 Å². The zero-order valence-corrected chi connectivity index (χ0v) is 12.0. The van der Waals surface area contributed by atoms with Crippen LogP contribution in [0.2, 0.25) is 0 Å². The molecular formula is C14H13ClN2OS. The third kappa shape index (κ3) is 2.51. The SMILES string of the molecule is CCCC(Cl)c1noc(-c2cc3ccccc3s2)n1. The summed E-state index contributed by atoms with van der Waals surface area (Å²) in [6, 6.07) is 10.3. The van der Waals surface area contributed by atoms with Gasteiger partial charge in [0.2, 0.25) is 0 Å². The first-order chi connectivity index (χ1) is 9.28. The number of rotatable bonds is 4. The van der Waals surface area contributed by atoms with Crippen LogP contribution in [0, 0.1) is 0 Å². The van der Waals surface area contributed by atoms with Crippen LogP contribution in [0.4, 0.5) is 0 Å². The highest BCUT2D eigenvalue weighted by atomic mass is 35.5. The molecule has 0 amide bonds. The largest absolute Gasteiger partial charge is 0.333 e. The summed E-state index contributed by atoms with van der Waals surface area (Å²) in [5.41, 5.74) is 0. The van der Waals surface area contributed by atoms with Gasteiger partial charge in [-0.3, -0.25) is 0 Å². The highest BCUT2D eigenvalue weighted by Crippen LogP contribution is 2.33. The number of benzene rings is 1. The Labute approximate surface area is 120 Å². The number of halogens is 1. The molecule has 0 spiro atoms. The molecule has 0 fully saturated rings. The molecule has 3 nitrogen and oxygen atoms in total. The lowest BCUT2D eigenvalue weighted by Gasteiger charge is -1.99. The Kier molecular flexibility index (Phi) is 3.53. The topological polar surface area (TPSA) is 38.9 Å². The first-order valence-corrected chi connectivity index (χ1v) is 7.50. The fourth-order valence-electron chi connectivity index (χ4n) is 1.93. The van der Waals surface area contributed by atoms with E-state index >= 15 is 0 Å². The second kappa shape index (κ2) is 5.31. The Morgan fingerprint density at radius 3 is 3.00 bits per heavy atom. The van der Waals surface area contributed by atoms with Gasteiger partial charge < -0.3 is 4.52 Å². The van der Waals surface area contributed by atoms with E-state index < -0.39 is 0 Å². The molecule has 1 unspecified atom stereocenters. The van der Waals surface area contributed by atoms with E-state index in [-0.39, 0.29) is 5.38 Å². The fourth-order valence-corrected chi connectivity index (χ4v) is 3.22. The van der Waals surface area contributed by atoms with Gasteiger partial charge in [0.1, 0.15) is 0 Å². The first kappa shape index (κ1) is 12.6. The maximum Gasteiger partial charge on any atom is 0.268 e. The van der Waals surface area contributed by atoms with Gasteiger partial charge in [0.05, 0.1) is 10.3 Å². The van der Waals surface area contributed by atoms with Gasteiger partial charge in [-0.15, -0.1) is 22.9 Å². The van der Waals surface area contributed by atoms with E-state index in [1.54, 1.807) is 11.3 Å². The van der Waals surface area contributed by atoms with Crippen LogP contribution in [-0.4, -0.2) is 10.1 Å². The minimum absolute atomic E-state index is 0.170. The molecular weight excluding hydrogens is 280 g/mol. The average molecular weight is 293 g/mol. The molecule has 0 N–H and O–H groups in total. The van der Waals surface area contributed by atoms with E-state index in [1.165, 1.54) is 10.1 Å². The van der Waals surface area contributed by atoms with Crippen molar-refractivity contribution in [1.82, 2.24) is 10.1 Å². The van der Waals surface area contributed by atoms with Gasteiger partial charge >= 0.3 is 0 Å². The number of fused-ring (bicyclic) bond motifs is 1. The Hall–Kier alpha value is -1.39. The molecule has 0 aliphatic rings. The maximum atomic E-state index is 6.20. The summed E-state index contributed by atoms with van der Waals surface area (Å²) in [7, 11) is 0. The number of nitrogens with zero attached hydrogens (tertiary/aromatic N) is 2. The summed E-state index contributed by atoms with van der Waals surface area (Å²) < 4.78 is 6.53. The molecule has 0 aliphatic heterocycles. The highest BCUT2D eigenvalue weighted by Gasteiger charge is 2.17. The molecule has 0 bridgehead atoms. The van der Waals surface area contributed by atoms with Gasteiger partial charge in [-0.25, -0.2) is 0 Å². The Bertz CT molecular complexity index is 658. The molecule has 3 aromatic rings. The van der Waals surface area contributed by atoms with Gasteiger partial charge in [0.15, 0.2) is 5.82 Å². The van der Waals surface area contributed by atoms with Crippen LogP contribution in [0.5, 0.6) is 0 Å². The Morgan fingerprint density at radius 1 is 1.37 bits per heavy atom. The lowest BCUT2D eigenvalue weighted by Crippen LogP contribution is -1.92. The standard InChI is InChI=1S/C14H13ClN2OS/c1-2-5-10(15)13-16-14(18-17-13)12-8-9-6-3-4-7-11(9)19-12/h3-4,6-8,10H,2,5H2,1H3. The minimum atomic E-state index is -0.170. The average Bonchev–Trinajstić information content (AvgIpc) is 3.05. The Balaban J connectivity index is 1.93. The van der Waals surface area contributed by atoms with Crippen molar-refractivity contribution < 1.29 is 4.52 Å². The highest BCUT2D eigenvalue weighted by molar-refractivity contribution is 7.22. The quantitative estimate of drug-likeness (QED) is 0.633. The van der Waals surface area contributed by atoms with Gasteiger partial charge in [-0.2, -0.15) is 4.98 Å². The van der Waals surface area contributed by atoms with Crippen molar-refractivity contribution in [3.05, 3.63) is 36.2 Å². The van der Waals surface area contributed by atoms with Gasteiger partial charge in [-0.05, 0) is 23.9 Å². The van der Waals surface area contributed by atoms with Crippen LogP contribution in [0.25, 0.3) is 20.9 Å². The molecule has 1 atom stereocenters. The van der Waals surface area contributed by atoms with E-state index in [0.29, 0.717) is 11.7 Å². The summed E-state index contributed by atoms with van der Waals surface area (Å²) in [5, 5.41) is 4.99. The van der Waals surface area contributed by atoms with Crippen molar-refractivity contribution in [3.63, 3.8) is 0 Å². The third-order valence-corrected chi connectivity index (χ3v) is 4.42. The molecule has 2 heterocycles. The summed E-state index contributed by atoms with van der Waals surface area (Å²) in [6.07, 6.45) is 1.86. The van der Waals surface area contributed by atoms with E-state index in [0.717, 1.165) is 17.7 Å². The molecule has 2 aromatic heterocycles. The summed E-state index contributed by atoms with van der Waals surface area (Å²) in [4.78, 5) is 5.38. The summed E-state index contributed by atoms with van der Waals surface area (Å²) in [5.74, 6) is 1.13. The smallest absolute Gasteiger partial charge is 0.268 e. The van der Waals surface area contributed by atoms with Crippen LogP contribution in [-0.2, 0) is 0 Å². The van der Waals surface area contributed by atoms with Gasteiger partial charge in [0.25, 0.3) is 5.89 Å². The van der Waals surface area contributed by atoms with E-state index in [1.807, 2.05) is 12.1 Å². The molecule has 98 valence electrons. The molecule has 0 radical (unpaired) electrons. The number of thiophene rings is 1. The van der Waals surface area contributed by atoms with Crippen LogP contribution in [0.1, 0.15) is 31.0 Å². The van der Waals surface area contributed by atoms with Gasteiger partial charge in [-0.1, -0.05) is 36.7 Å². The molecule has 0 saturated carbocycles. The zero-order valence-electron chi connectivity index (χ0n) is 10.5. The van der Waals surface area contributed by atoms with Crippen molar-refractivity contribution >= 4 is 33.0 Å². The molecule has 19 heavy (non-hydrogen) atoms. The second-order valence-corrected chi connectivity index (χ2v) is 5.97. The van der Waals surface area contributed by atoms with Crippen molar-refractivity contribution in [2.24, 2.45) is 0 Å². The van der Waals surface area contributed by atoms with Crippen LogP contribution >= 0.6 is 22.9 Å². The molecule has 3 rings (SSSR count). The molecule has 5 heteroatoms. The minimum Gasteiger partial charge on any atom is -0.333 e. The third-order valence-electron chi connectivity index (χ3n) is 2.90. The number of aromatic nitrogens is 2. The number of hydrogen-bond acceptors (Lipinski definition) is 4. The fraction of sp³-hybridized carbons (Fsp3) is 0.286. The summed E-state index contributed by atoms with van der Waals surface area (Å²) in [6.45, 7) is 2.09. The monoisotopic (exact) mass is 292 g/mol. The summed E-state index contributed by atoms with van der Waals surface area (Å²) >= 11 is 7.85. The van der Waals surface area contributed by atoms with E-state index in [2.05, 4.69) is 35.3 Å². The predicted octanol–water partition coefficient (Wildman–Crippen LogP) is 5.03. The number of alkyl halides is 1. The van der Waals surface area contributed by atoms with E-state index in [4.69, 9.17) is 16.1 Å². The van der Waals surface area contributed by atoms with Crippen molar-refractivity contribution in [2.75, 3.05) is 0 Å². The molecule has 0 saturated heterocycles.